The van der Waals surface area contributed by atoms with E-state index < -0.39 is 0 Å². The number of carbonyl (C=O) groups excluding carboxylic acids is 2. The molecule has 4 nitrogen and oxygen atoms in total. The highest BCUT2D eigenvalue weighted by atomic mass is 32.1. The van der Waals surface area contributed by atoms with Gasteiger partial charge in [0.05, 0.1) is 13.1 Å². The number of amides is 2. The minimum Gasteiger partial charge on any atom is -0.351 e. The molecule has 2 amide bonds. The maximum Gasteiger partial charge on any atom is 0.223 e. The van der Waals surface area contributed by atoms with Crippen LogP contribution in [-0.4, -0.2) is 11.8 Å². The van der Waals surface area contributed by atoms with Gasteiger partial charge in [-0.25, -0.2) is 0 Å². The van der Waals surface area contributed by atoms with Gasteiger partial charge in [-0.2, -0.15) is 0 Å². The highest BCUT2D eigenvalue weighted by Gasteiger charge is 2.29. The van der Waals surface area contributed by atoms with Crippen molar-refractivity contribution >= 4 is 34.5 Å². The normalized spacial score (nSPS) is 20.5. The number of thiophene rings is 2. The summed E-state index contributed by atoms with van der Waals surface area (Å²) >= 11 is 3.31. The molecule has 6 heteroatoms. The minimum absolute atomic E-state index is 0.0475. The summed E-state index contributed by atoms with van der Waals surface area (Å²) in [6.45, 7) is 1.22. The molecule has 0 aliphatic heterocycles. The van der Waals surface area contributed by atoms with Gasteiger partial charge in [0.2, 0.25) is 11.8 Å². The average molecular weight is 363 g/mol. The second-order valence-electron chi connectivity index (χ2n) is 6.14. The summed E-state index contributed by atoms with van der Waals surface area (Å²) in [5.41, 5.74) is 0. The Morgan fingerprint density at radius 2 is 1.25 bits per heavy atom. The van der Waals surface area contributed by atoms with Gasteiger partial charge in [0, 0.05) is 21.6 Å². The molecule has 1 aliphatic carbocycles. The standard InChI is InChI=1S/C18H22N2O2S2/c21-17(19-11-15-3-1-9-23-15)13-5-7-14(8-6-13)18(22)20-12-16-4-2-10-24-16/h1-4,9-10,13-14H,5-8,11-12H2,(H,19,21)(H,20,22). The molecule has 0 radical (unpaired) electrons. The van der Waals surface area contributed by atoms with Crippen molar-refractivity contribution in [2.75, 3.05) is 0 Å². The van der Waals surface area contributed by atoms with Crippen molar-refractivity contribution in [2.24, 2.45) is 11.8 Å². The van der Waals surface area contributed by atoms with Gasteiger partial charge in [0.1, 0.15) is 0 Å². The molecule has 128 valence electrons. The quantitative estimate of drug-likeness (QED) is 0.826. The van der Waals surface area contributed by atoms with Gasteiger partial charge in [-0.05, 0) is 48.6 Å². The molecule has 0 atom stereocenters. The number of carbonyl (C=O) groups is 2. The van der Waals surface area contributed by atoms with Crippen LogP contribution < -0.4 is 10.6 Å². The lowest BCUT2D eigenvalue weighted by molar-refractivity contribution is -0.130. The molecule has 0 spiro atoms. The van der Waals surface area contributed by atoms with Crippen molar-refractivity contribution in [3.05, 3.63) is 44.8 Å². The van der Waals surface area contributed by atoms with E-state index in [1.807, 2.05) is 35.0 Å². The maximum atomic E-state index is 12.2. The van der Waals surface area contributed by atoms with E-state index in [-0.39, 0.29) is 23.7 Å². The molecule has 1 saturated carbocycles. The van der Waals surface area contributed by atoms with Crippen LogP contribution in [0.5, 0.6) is 0 Å². The van der Waals surface area contributed by atoms with Crippen LogP contribution in [0.3, 0.4) is 0 Å². The van der Waals surface area contributed by atoms with Gasteiger partial charge in [-0.1, -0.05) is 12.1 Å². The molecular weight excluding hydrogens is 340 g/mol. The Bertz CT molecular complexity index is 586. The van der Waals surface area contributed by atoms with Crippen LogP contribution in [0.4, 0.5) is 0 Å². The molecule has 0 bridgehead atoms. The highest BCUT2D eigenvalue weighted by molar-refractivity contribution is 7.10. The molecule has 24 heavy (non-hydrogen) atoms. The third-order valence-electron chi connectivity index (χ3n) is 4.50. The molecule has 2 aromatic heterocycles. The molecular formula is C18H22N2O2S2. The summed E-state index contributed by atoms with van der Waals surface area (Å²) < 4.78 is 0. The monoisotopic (exact) mass is 362 g/mol. The lowest BCUT2D eigenvalue weighted by Gasteiger charge is -2.27. The topological polar surface area (TPSA) is 58.2 Å². The molecule has 2 heterocycles. The molecule has 0 aromatic carbocycles. The SMILES string of the molecule is O=C(NCc1cccs1)C1CCC(C(=O)NCc2cccs2)CC1. The number of rotatable bonds is 6. The summed E-state index contributed by atoms with van der Waals surface area (Å²) in [5.74, 6) is 0.347. The van der Waals surface area contributed by atoms with Gasteiger partial charge in [0.15, 0.2) is 0 Å². The van der Waals surface area contributed by atoms with Crippen molar-refractivity contribution in [2.45, 2.75) is 38.8 Å². The Morgan fingerprint density at radius 3 is 1.58 bits per heavy atom. The molecule has 3 rings (SSSR count). The number of hydrogen-bond donors (Lipinski definition) is 2. The molecule has 0 unspecified atom stereocenters. The lowest BCUT2D eigenvalue weighted by atomic mass is 9.81. The van der Waals surface area contributed by atoms with E-state index in [1.165, 1.54) is 9.75 Å². The van der Waals surface area contributed by atoms with E-state index in [2.05, 4.69) is 10.6 Å². The van der Waals surface area contributed by atoms with E-state index in [0.717, 1.165) is 25.7 Å². The number of hydrogen-bond acceptors (Lipinski definition) is 4. The van der Waals surface area contributed by atoms with Crippen LogP contribution in [0.15, 0.2) is 35.0 Å². The predicted molar refractivity (Wildman–Crippen MR) is 97.8 cm³/mol. The van der Waals surface area contributed by atoms with Crippen molar-refractivity contribution in [1.29, 1.82) is 0 Å². The van der Waals surface area contributed by atoms with Crippen molar-refractivity contribution in [1.82, 2.24) is 10.6 Å². The van der Waals surface area contributed by atoms with Crippen molar-refractivity contribution in [3.8, 4) is 0 Å². The van der Waals surface area contributed by atoms with E-state index in [1.54, 1.807) is 22.7 Å². The minimum atomic E-state index is 0.0475. The van der Waals surface area contributed by atoms with Crippen molar-refractivity contribution in [3.63, 3.8) is 0 Å². The van der Waals surface area contributed by atoms with Crippen LogP contribution in [0.1, 0.15) is 35.4 Å². The Labute approximate surface area is 150 Å². The van der Waals surface area contributed by atoms with E-state index in [4.69, 9.17) is 0 Å². The Balaban J connectivity index is 1.38. The first-order valence-corrected chi connectivity index (χ1v) is 10.1. The van der Waals surface area contributed by atoms with Crippen molar-refractivity contribution < 1.29 is 9.59 Å². The first kappa shape index (κ1) is 17.2. The predicted octanol–water partition coefficient (Wildman–Crippen LogP) is 3.55. The molecule has 2 aromatic rings. The van der Waals surface area contributed by atoms with E-state index in [0.29, 0.717) is 13.1 Å². The first-order valence-electron chi connectivity index (χ1n) is 8.32. The zero-order chi connectivity index (χ0) is 16.8. The summed E-state index contributed by atoms with van der Waals surface area (Å²) in [7, 11) is 0. The lowest BCUT2D eigenvalue weighted by Crippen LogP contribution is -2.37. The van der Waals surface area contributed by atoms with Crippen LogP contribution in [0.2, 0.25) is 0 Å². The summed E-state index contributed by atoms with van der Waals surface area (Å²) in [4.78, 5) is 26.8. The zero-order valence-electron chi connectivity index (χ0n) is 13.5. The fraction of sp³-hybridized carbons (Fsp3) is 0.444. The van der Waals surface area contributed by atoms with Gasteiger partial charge in [-0.15, -0.1) is 22.7 Å². The Hall–Kier alpha value is -1.66. The van der Waals surface area contributed by atoms with Crippen LogP contribution in [-0.2, 0) is 22.7 Å². The smallest absolute Gasteiger partial charge is 0.223 e. The summed E-state index contributed by atoms with van der Waals surface area (Å²) in [5, 5.41) is 10.1. The Kier molecular flexibility index (Phi) is 6.04. The van der Waals surface area contributed by atoms with Gasteiger partial charge in [0.25, 0.3) is 0 Å². The van der Waals surface area contributed by atoms with Crippen LogP contribution >= 0.6 is 22.7 Å². The fourth-order valence-corrected chi connectivity index (χ4v) is 4.37. The molecule has 1 aliphatic rings. The third-order valence-corrected chi connectivity index (χ3v) is 6.26. The average Bonchev–Trinajstić information content (AvgIpc) is 3.31. The van der Waals surface area contributed by atoms with Crippen LogP contribution in [0, 0.1) is 11.8 Å². The maximum absolute atomic E-state index is 12.2. The van der Waals surface area contributed by atoms with Crippen LogP contribution in [0.25, 0.3) is 0 Å². The summed E-state index contributed by atoms with van der Waals surface area (Å²) in [6, 6.07) is 8.04. The molecule has 1 fully saturated rings. The Morgan fingerprint density at radius 1 is 0.833 bits per heavy atom. The fourth-order valence-electron chi connectivity index (χ4n) is 3.08. The molecule has 2 N–H and O–H groups in total. The van der Waals surface area contributed by atoms with E-state index >= 15 is 0 Å². The second-order valence-corrected chi connectivity index (χ2v) is 8.21. The highest BCUT2D eigenvalue weighted by Crippen LogP contribution is 2.29. The van der Waals surface area contributed by atoms with Gasteiger partial charge >= 0.3 is 0 Å². The number of nitrogens with one attached hydrogen (secondary N) is 2. The van der Waals surface area contributed by atoms with Gasteiger partial charge < -0.3 is 10.6 Å². The summed E-state index contributed by atoms with van der Waals surface area (Å²) in [6.07, 6.45) is 3.20. The third kappa shape index (κ3) is 4.68. The largest absolute Gasteiger partial charge is 0.351 e. The first-order chi connectivity index (χ1) is 11.7. The zero-order valence-corrected chi connectivity index (χ0v) is 15.1. The van der Waals surface area contributed by atoms with E-state index in [9.17, 15) is 9.59 Å². The van der Waals surface area contributed by atoms with Gasteiger partial charge in [-0.3, -0.25) is 9.59 Å². The molecule has 0 saturated heterocycles. The second kappa shape index (κ2) is 8.44.